The lowest BCUT2D eigenvalue weighted by molar-refractivity contribution is -0.110. The van der Waals surface area contributed by atoms with E-state index in [2.05, 4.69) is 0 Å². The maximum atomic E-state index is 11.1. The number of carbonyl (C=O) groups is 1. The van der Waals surface area contributed by atoms with Crippen LogP contribution >= 0.6 is 23.5 Å². The van der Waals surface area contributed by atoms with Crippen LogP contribution in [0.5, 0.6) is 0 Å². The highest BCUT2D eigenvalue weighted by Gasteiger charge is 2.27. The van der Waals surface area contributed by atoms with Crippen LogP contribution in [0.3, 0.4) is 0 Å². The highest BCUT2D eigenvalue weighted by molar-refractivity contribution is 8.13. The molecule has 2 N–H and O–H groups in total. The first-order chi connectivity index (χ1) is 8.65. The van der Waals surface area contributed by atoms with Crippen LogP contribution in [-0.4, -0.2) is 51.1 Å². The molecule has 0 saturated carbocycles. The van der Waals surface area contributed by atoms with E-state index in [0.717, 1.165) is 17.9 Å². The van der Waals surface area contributed by atoms with Gasteiger partial charge in [-0.15, -0.1) is 11.8 Å². The van der Waals surface area contributed by atoms with Crippen LogP contribution in [-0.2, 0) is 9.53 Å². The van der Waals surface area contributed by atoms with Crippen molar-refractivity contribution in [1.29, 1.82) is 0 Å². The number of rotatable bonds is 7. The minimum absolute atomic E-state index is 0.0298. The second-order valence-electron chi connectivity index (χ2n) is 4.29. The minimum atomic E-state index is -0.371. The Bertz CT molecular complexity index is 250. The predicted molar refractivity (Wildman–Crippen MR) is 75.8 cm³/mol. The van der Waals surface area contributed by atoms with Gasteiger partial charge in [-0.1, -0.05) is 18.7 Å². The zero-order valence-corrected chi connectivity index (χ0v) is 12.3. The fourth-order valence-electron chi connectivity index (χ4n) is 1.73. The van der Waals surface area contributed by atoms with Gasteiger partial charge < -0.3 is 14.9 Å². The molecule has 0 spiro atoms. The van der Waals surface area contributed by atoms with Gasteiger partial charge in [-0.2, -0.15) is 0 Å². The molecular weight excluding hydrogens is 272 g/mol. The summed E-state index contributed by atoms with van der Waals surface area (Å²) in [7, 11) is 0. The van der Waals surface area contributed by atoms with E-state index in [-0.39, 0.29) is 29.4 Å². The van der Waals surface area contributed by atoms with Crippen LogP contribution in [0.15, 0.2) is 0 Å². The van der Waals surface area contributed by atoms with Gasteiger partial charge in [-0.05, 0) is 12.2 Å². The Morgan fingerprint density at radius 2 is 2.17 bits per heavy atom. The van der Waals surface area contributed by atoms with Crippen LogP contribution < -0.4 is 0 Å². The molecule has 1 aliphatic rings. The van der Waals surface area contributed by atoms with Crippen molar-refractivity contribution in [2.45, 2.75) is 50.3 Å². The van der Waals surface area contributed by atoms with E-state index in [4.69, 9.17) is 9.84 Å². The number of thioether (sulfide) groups is 2. The summed E-state index contributed by atoms with van der Waals surface area (Å²) in [5.41, 5.74) is -0.0298. The molecule has 0 amide bonds. The molecular formula is C12H22O4S2. The molecule has 4 nitrogen and oxygen atoms in total. The maximum absolute atomic E-state index is 11.1. The zero-order chi connectivity index (χ0) is 13.4. The van der Waals surface area contributed by atoms with Gasteiger partial charge in [0.25, 0.3) is 0 Å². The fourth-order valence-corrected chi connectivity index (χ4v) is 3.81. The highest BCUT2D eigenvalue weighted by atomic mass is 32.2. The van der Waals surface area contributed by atoms with E-state index >= 15 is 0 Å². The number of carbonyl (C=O) groups excluding carboxylic acids is 1. The Morgan fingerprint density at radius 3 is 2.83 bits per heavy atom. The minimum Gasteiger partial charge on any atom is -0.394 e. The molecule has 1 fully saturated rings. The maximum Gasteiger partial charge on any atom is 0.188 e. The van der Waals surface area contributed by atoms with Crippen molar-refractivity contribution in [1.82, 2.24) is 0 Å². The molecule has 1 aliphatic heterocycles. The number of hydrogen-bond donors (Lipinski definition) is 2. The van der Waals surface area contributed by atoms with Crippen molar-refractivity contribution >= 4 is 28.6 Å². The summed E-state index contributed by atoms with van der Waals surface area (Å²) in [5, 5.41) is 18.9. The van der Waals surface area contributed by atoms with Crippen molar-refractivity contribution in [2.24, 2.45) is 0 Å². The number of aliphatic hydroxyl groups excluding tert-OH is 2. The Balaban J connectivity index is 2.09. The lowest BCUT2D eigenvalue weighted by Crippen LogP contribution is -2.36. The number of hydrogen-bond acceptors (Lipinski definition) is 6. The second kappa shape index (κ2) is 9.20. The number of aliphatic hydroxyl groups is 2. The van der Waals surface area contributed by atoms with Gasteiger partial charge in [0.05, 0.1) is 18.8 Å². The van der Waals surface area contributed by atoms with Gasteiger partial charge in [0.15, 0.2) is 5.12 Å². The Labute approximate surface area is 117 Å². The van der Waals surface area contributed by atoms with Gasteiger partial charge >= 0.3 is 0 Å². The van der Waals surface area contributed by atoms with E-state index in [1.165, 1.54) is 11.8 Å². The van der Waals surface area contributed by atoms with E-state index in [1.807, 2.05) is 6.92 Å². The standard InChI is InChI=1S/C12H22O4S2/c1-2-11(15)17-4-3-5-18-12-7-9(14)6-10(8-13)16-12/h9-10,12-14H,2-8H2,1H3. The molecule has 1 heterocycles. The zero-order valence-electron chi connectivity index (χ0n) is 10.7. The van der Waals surface area contributed by atoms with Crippen molar-refractivity contribution in [3.8, 4) is 0 Å². The summed E-state index contributed by atoms with van der Waals surface area (Å²) < 4.78 is 5.63. The molecule has 3 unspecified atom stereocenters. The molecule has 1 rings (SSSR count). The third kappa shape index (κ3) is 6.43. The lowest BCUT2D eigenvalue weighted by atomic mass is 10.1. The summed E-state index contributed by atoms with van der Waals surface area (Å²) in [6.07, 6.45) is 2.09. The monoisotopic (exact) mass is 294 g/mol. The molecule has 6 heteroatoms. The fraction of sp³-hybridized carbons (Fsp3) is 0.917. The molecule has 1 saturated heterocycles. The largest absolute Gasteiger partial charge is 0.394 e. The van der Waals surface area contributed by atoms with E-state index in [1.54, 1.807) is 11.8 Å². The molecule has 0 bridgehead atoms. The first-order valence-electron chi connectivity index (χ1n) is 6.37. The quantitative estimate of drug-likeness (QED) is 0.696. The Kier molecular flexibility index (Phi) is 8.33. The van der Waals surface area contributed by atoms with Crippen LogP contribution in [0.2, 0.25) is 0 Å². The van der Waals surface area contributed by atoms with E-state index < -0.39 is 0 Å². The second-order valence-corrected chi connectivity index (χ2v) is 6.71. The normalized spacial score (nSPS) is 28.3. The summed E-state index contributed by atoms with van der Waals surface area (Å²) in [6.45, 7) is 1.84. The summed E-state index contributed by atoms with van der Waals surface area (Å²) in [4.78, 5) is 11.1. The van der Waals surface area contributed by atoms with Crippen molar-refractivity contribution in [2.75, 3.05) is 18.1 Å². The van der Waals surface area contributed by atoms with Gasteiger partial charge in [-0.25, -0.2) is 0 Å². The molecule has 0 aliphatic carbocycles. The van der Waals surface area contributed by atoms with Gasteiger partial charge in [-0.3, -0.25) is 4.79 Å². The molecule has 0 radical (unpaired) electrons. The molecule has 0 aromatic heterocycles. The molecule has 0 aromatic carbocycles. The topological polar surface area (TPSA) is 66.8 Å². The highest BCUT2D eigenvalue weighted by Crippen LogP contribution is 2.28. The average Bonchev–Trinajstić information content (AvgIpc) is 2.37. The van der Waals surface area contributed by atoms with Crippen LogP contribution in [0.4, 0.5) is 0 Å². The summed E-state index contributed by atoms with van der Waals surface area (Å²) in [6, 6.07) is 0. The smallest absolute Gasteiger partial charge is 0.188 e. The van der Waals surface area contributed by atoms with E-state index in [9.17, 15) is 9.90 Å². The summed E-state index contributed by atoms with van der Waals surface area (Å²) in [5.74, 6) is 1.76. The van der Waals surface area contributed by atoms with Crippen LogP contribution in [0.25, 0.3) is 0 Å². The van der Waals surface area contributed by atoms with Gasteiger partial charge in [0.2, 0.25) is 0 Å². The average molecular weight is 294 g/mol. The van der Waals surface area contributed by atoms with Crippen molar-refractivity contribution < 1.29 is 19.7 Å². The Hall–Kier alpha value is 0.250. The Morgan fingerprint density at radius 1 is 1.39 bits per heavy atom. The van der Waals surface area contributed by atoms with Crippen molar-refractivity contribution in [3.63, 3.8) is 0 Å². The van der Waals surface area contributed by atoms with Gasteiger partial charge in [0, 0.05) is 25.0 Å². The number of ether oxygens (including phenoxy) is 1. The predicted octanol–water partition coefficient (Wildman–Crippen LogP) is 1.64. The molecule has 0 aromatic rings. The SMILES string of the molecule is CCC(=O)SCCCSC1CC(O)CC(CO)O1. The van der Waals surface area contributed by atoms with E-state index in [0.29, 0.717) is 19.3 Å². The van der Waals surface area contributed by atoms with Gasteiger partial charge in [0.1, 0.15) is 5.44 Å². The molecule has 18 heavy (non-hydrogen) atoms. The third-order valence-corrected chi connectivity index (χ3v) is 4.99. The lowest BCUT2D eigenvalue weighted by Gasteiger charge is -2.31. The van der Waals surface area contributed by atoms with Crippen LogP contribution in [0, 0.1) is 0 Å². The third-order valence-electron chi connectivity index (χ3n) is 2.69. The molecule has 3 atom stereocenters. The summed E-state index contributed by atoms with van der Waals surface area (Å²) >= 11 is 3.05. The molecule has 106 valence electrons. The first-order valence-corrected chi connectivity index (χ1v) is 8.40. The first kappa shape index (κ1) is 16.3. The van der Waals surface area contributed by atoms with Crippen molar-refractivity contribution in [3.05, 3.63) is 0 Å². The van der Waals surface area contributed by atoms with Crippen LogP contribution in [0.1, 0.15) is 32.6 Å².